The van der Waals surface area contributed by atoms with Crippen molar-refractivity contribution in [3.05, 3.63) is 78.5 Å². The molecule has 32 heavy (non-hydrogen) atoms. The van der Waals surface area contributed by atoms with Crippen LogP contribution in [-0.2, 0) is 24.2 Å². The van der Waals surface area contributed by atoms with Crippen molar-refractivity contribution in [2.75, 3.05) is 6.61 Å². The largest absolute Gasteiger partial charge is 0.487 e. The van der Waals surface area contributed by atoms with Crippen molar-refractivity contribution in [2.24, 2.45) is 4.99 Å². The summed E-state index contributed by atoms with van der Waals surface area (Å²) in [6, 6.07) is 13.9. The highest BCUT2D eigenvalue weighted by atomic mass is 79.9. The molecule has 0 bridgehead atoms. The zero-order chi connectivity index (χ0) is 22.5. The first-order valence-corrected chi connectivity index (χ1v) is 13.0. The van der Waals surface area contributed by atoms with Crippen LogP contribution >= 0.6 is 43.2 Å². The van der Waals surface area contributed by atoms with Crippen LogP contribution in [0, 0.1) is 0 Å². The number of carbonyl (C=O) groups is 1. The summed E-state index contributed by atoms with van der Waals surface area (Å²) in [7, 11) is 0. The van der Waals surface area contributed by atoms with Gasteiger partial charge in [0.05, 0.1) is 16.6 Å². The lowest BCUT2D eigenvalue weighted by molar-refractivity contribution is 0.0526. The van der Waals surface area contributed by atoms with Crippen molar-refractivity contribution < 1.29 is 14.3 Å². The van der Waals surface area contributed by atoms with Gasteiger partial charge in [0.1, 0.15) is 17.4 Å². The fourth-order valence-electron chi connectivity index (χ4n) is 3.74. The van der Waals surface area contributed by atoms with Crippen LogP contribution < -0.4 is 4.74 Å². The molecule has 0 saturated heterocycles. The van der Waals surface area contributed by atoms with Crippen molar-refractivity contribution in [3.8, 4) is 5.75 Å². The number of halogens is 2. The first-order chi connectivity index (χ1) is 15.6. The van der Waals surface area contributed by atoms with Crippen molar-refractivity contribution in [3.63, 3.8) is 0 Å². The summed E-state index contributed by atoms with van der Waals surface area (Å²) in [5, 5.41) is 0.709. The number of nitrogens with zero attached hydrogens (tertiary/aromatic N) is 1. The highest BCUT2D eigenvalue weighted by Gasteiger charge is 2.26. The van der Waals surface area contributed by atoms with Gasteiger partial charge in [-0.1, -0.05) is 46.3 Å². The molecule has 1 aromatic heterocycles. The van der Waals surface area contributed by atoms with Gasteiger partial charge in [-0.3, -0.25) is 0 Å². The second kappa shape index (κ2) is 10.8. The molecule has 0 radical (unpaired) electrons. The van der Waals surface area contributed by atoms with E-state index in [2.05, 4.69) is 31.9 Å². The van der Waals surface area contributed by atoms with Gasteiger partial charge in [-0.05, 0) is 71.8 Å². The molecular formula is C25H23Br2NO3S. The second-order valence-corrected chi connectivity index (χ2v) is 10.3. The zero-order valence-corrected chi connectivity index (χ0v) is 21.7. The lowest BCUT2D eigenvalue weighted by Gasteiger charge is -2.12. The Morgan fingerprint density at radius 3 is 2.72 bits per heavy atom. The summed E-state index contributed by atoms with van der Waals surface area (Å²) >= 11 is 8.77. The molecule has 0 atom stereocenters. The Morgan fingerprint density at radius 2 is 1.94 bits per heavy atom. The molecule has 0 amide bonds. The van der Waals surface area contributed by atoms with E-state index in [9.17, 15) is 4.79 Å². The van der Waals surface area contributed by atoms with E-state index < -0.39 is 0 Å². The lowest BCUT2D eigenvalue weighted by atomic mass is 9.95. The summed E-state index contributed by atoms with van der Waals surface area (Å²) in [6.45, 7) is 2.63. The van der Waals surface area contributed by atoms with Gasteiger partial charge in [0.2, 0.25) is 0 Å². The normalized spacial score (nSPS) is 13.2. The fraction of sp³-hybridized carbons (Fsp3) is 0.280. The average Bonchev–Trinajstić information content (AvgIpc) is 3.16. The number of benzene rings is 2. The van der Waals surface area contributed by atoms with E-state index in [0.29, 0.717) is 29.5 Å². The van der Waals surface area contributed by atoms with Crippen molar-refractivity contribution in [1.29, 1.82) is 0 Å². The van der Waals surface area contributed by atoms with Crippen LogP contribution in [0.2, 0.25) is 0 Å². The first kappa shape index (κ1) is 23.2. The summed E-state index contributed by atoms with van der Waals surface area (Å²) in [6.07, 6.45) is 5.92. The Bertz CT molecular complexity index is 1140. The quantitative estimate of drug-likeness (QED) is 0.214. The minimum Gasteiger partial charge on any atom is -0.487 e. The van der Waals surface area contributed by atoms with Crippen molar-refractivity contribution >= 4 is 60.4 Å². The molecule has 1 heterocycles. The minimum absolute atomic E-state index is 0.282. The maximum absolute atomic E-state index is 12.7. The van der Waals surface area contributed by atoms with Crippen LogP contribution in [0.4, 0.5) is 5.00 Å². The summed E-state index contributed by atoms with van der Waals surface area (Å²) in [4.78, 5) is 18.7. The third-order valence-electron chi connectivity index (χ3n) is 5.22. The third-order valence-corrected chi connectivity index (χ3v) is 7.46. The predicted octanol–water partition coefficient (Wildman–Crippen LogP) is 7.66. The molecule has 0 aliphatic heterocycles. The van der Waals surface area contributed by atoms with Gasteiger partial charge in [-0.25, -0.2) is 9.79 Å². The predicted molar refractivity (Wildman–Crippen MR) is 137 cm³/mol. The molecule has 4 nitrogen and oxygen atoms in total. The maximum atomic E-state index is 12.7. The number of hydrogen-bond donors (Lipinski definition) is 0. The molecule has 7 heteroatoms. The number of ether oxygens (including phenoxy) is 2. The number of esters is 1. The molecule has 166 valence electrons. The molecule has 0 unspecified atom stereocenters. The molecule has 0 N–H and O–H groups in total. The lowest BCUT2D eigenvalue weighted by Crippen LogP contribution is -2.09. The molecule has 1 aliphatic carbocycles. The number of fused-ring (bicyclic) bond motifs is 1. The van der Waals surface area contributed by atoms with Gasteiger partial charge in [-0.15, -0.1) is 11.3 Å². The highest BCUT2D eigenvalue weighted by Crippen LogP contribution is 2.41. The summed E-state index contributed by atoms with van der Waals surface area (Å²) in [5.41, 5.74) is 3.65. The van der Waals surface area contributed by atoms with Gasteiger partial charge >= 0.3 is 5.97 Å². The Balaban J connectivity index is 1.67. The van der Waals surface area contributed by atoms with E-state index in [1.807, 2.05) is 49.4 Å². The molecule has 3 aromatic rings. The van der Waals surface area contributed by atoms with Crippen LogP contribution in [0.25, 0.3) is 0 Å². The topological polar surface area (TPSA) is 47.9 Å². The molecule has 1 aliphatic rings. The van der Waals surface area contributed by atoms with E-state index in [1.165, 1.54) is 4.88 Å². The van der Waals surface area contributed by atoms with Crippen LogP contribution in [-0.4, -0.2) is 18.8 Å². The molecular weight excluding hydrogens is 554 g/mol. The maximum Gasteiger partial charge on any atom is 0.341 e. The van der Waals surface area contributed by atoms with E-state index in [-0.39, 0.29) is 5.97 Å². The van der Waals surface area contributed by atoms with Crippen LogP contribution in [0.1, 0.15) is 51.7 Å². The van der Waals surface area contributed by atoms with Gasteiger partial charge in [0.15, 0.2) is 0 Å². The Kier molecular flexibility index (Phi) is 7.81. The Morgan fingerprint density at radius 1 is 1.16 bits per heavy atom. The number of carbonyl (C=O) groups excluding carboxylic acids is 1. The molecule has 2 aromatic carbocycles. The van der Waals surface area contributed by atoms with Gasteiger partial charge in [-0.2, -0.15) is 0 Å². The molecule has 0 saturated carbocycles. The van der Waals surface area contributed by atoms with Gasteiger partial charge in [0, 0.05) is 21.1 Å². The van der Waals surface area contributed by atoms with E-state index in [1.54, 1.807) is 17.6 Å². The number of aliphatic imine (C=N–C) groups is 1. The summed E-state index contributed by atoms with van der Waals surface area (Å²) < 4.78 is 13.2. The van der Waals surface area contributed by atoms with Gasteiger partial charge in [0.25, 0.3) is 0 Å². The van der Waals surface area contributed by atoms with Crippen molar-refractivity contribution in [2.45, 2.75) is 39.2 Å². The minimum atomic E-state index is -0.282. The average molecular weight is 577 g/mol. The SMILES string of the molecule is CCOC(=O)c1c(N=Cc2cc(Br)cc(Br)c2OCc2ccccc2)sc2c1CCCC2. The zero-order valence-electron chi connectivity index (χ0n) is 17.7. The highest BCUT2D eigenvalue weighted by molar-refractivity contribution is 9.11. The van der Waals surface area contributed by atoms with E-state index in [4.69, 9.17) is 14.5 Å². The Hall–Kier alpha value is -1.96. The van der Waals surface area contributed by atoms with E-state index >= 15 is 0 Å². The molecule has 4 rings (SSSR count). The van der Waals surface area contributed by atoms with Crippen molar-refractivity contribution in [1.82, 2.24) is 0 Å². The first-order valence-electron chi connectivity index (χ1n) is 10.6. The number of thiophene rings is 1. The number of aryl methyl sites for hydroxylation is 1. The van der Waals surface area contributed by atoms with Crippen LogP contribution in [0.5, 0.6) is 5.75 Å². The Labute approximate surface area is 208 Å². The number of hydrogen-bond acceptors (Lipinski definition) is 5. The van der Waals surface area contributed by atoms with E-state index in [0.717, 1.165) is 51.3 Å². The molecule has 0 fully saturated rings. The van der Waals surface area contributed by atoms with Gasteiger partial charge < -0.3 is 9.47 Å². The smallest absolute Gasteiger partial charge is 0.341 e. The second-order valence-electron chi connectivity index (χ2n) is 7.45. The third kappa shape index (κ3) is 5.33. The molecule has 0 spiro atoms. The summed E-state index contributed by atoms with van der Waals surface area (Å²) in [5.74, 6) is 0.426. The monoisotopic (exact) mass is 575 g/mol. The fourth-order valence-corrected chi connectivity index (χ4v) is 6.34. The van der Waals surface area contributed by atoms with Crippen LogP contribution in [0.15, 0.2) is 56.4 Å². The standard InChI is InChI=1S/C25H23Br2NO3S/c1-2-30-25(29)22-19-10-6-7-11-21(19)32-24(22)28-14-17-12-18(26)13-20(27)23(17)31-15-16-8-4-3-5-9-16/h3-5,8-9,12-14H,2,6-7,10-11,15H2,1H3. The number of rotatable bonds is 7. The van der Waals surface area contributed by atoms with Crippen LogP contribution in [0.3, 0.4) is 0 Å².